The van der Waals surface area contributed by atoms with Crippen LogP contribution in [0.25, 0.3) is 32.3 Å². The highest BCUT2D eigenvalue weighted by Gasteiger charge is 2.08. The monoisotopic (exact) mass is 256 g/mol. The average Bonchev–Trinajstić information content (AvgIpc) is 2.47. The summed E-state index contributed by atoms with van der Waals surface area (Å²) in [5, 5.41) is 8.12. The Balaban J connectivity index is 2.40. The third-order valence-electron chi connectivity index (χ3n) is 4.15. The van der Waals surface area contributed by atoms with Crippen molar-refractivity contribution in [3.63, 3.8) is 0 Å². The lowest BCUT2D eigenvalue weighted by molar-refractivity contribution is 1.50. The molecule has 0 nitrogen and oxygen atoms in total. The maximum absolute atomic E-state index is 2.30. The van der Waals surface area contributed by atoms with Crippen LogP contribution in [0.2, 0.25) is 0 Å². The molecule has 0 spiro atoms. The standard InChI is InChI=1S/C20H16/c1-13-7-9-17-18-10-8-14(2)12-20(18)16-6-4-3-5-15(16)19(17)11-13/h3-12H,1-2H3. The SMILES string of the molecule is Cc1ccc2c3ccc(C)cc3c3ccccc3c2c1. The van der Waals surface area contributed by atoms with Crippen molar-refractivity contribution < 1.29 is 0 Å². The first-order valence-electron chi connectivity index (χ1n) is 7.05. The Morgan fingerprint density at radius 1 is 0.450 bits per heavy atom. The average molecular weight is 256 g/mol. The van der Waals surface area contributed by atoms with Crippen molar-refractivity contribution in [1.82, 2.24) is 0 Å². The molecule has 0 aliphatic heterocycles. The molecule has 0 radical (unpaired) electrons. The Hall–Kier alpha value is -2.34. The van der Waals surface area contributed by atoms with Crippen molar-refractivity contribution >= 4 is 32.3 Å². The second kappa shape index (κ2) is 4.08. The lowest BCUT2D eigenvalue weighted by Crippen LogP contribution is -1.85. The predicted molar refractivity (Wildman–Crippen MR) is 88.4 cm³/mol. The zero-order valence-electron chi connectivity index (χ0n) is 11.8. The van der Waals surface area contributed by atoms with Gasteiger partial charge >= 0.3 is 0 Å². The van der Waals surface area contributed by atoms with Crippen LogP contribution in [0, 0.1) is 13.8 Å². The van der Waals surface area contributed by atoms with Crippen LogP contribution in [0.15, 0.2) is 60.7 Å². The maximum atomic E-state index is 2.30. The molecule has 0 atom stereocenters. The third-order valence-corrected chi connectivity index (χ3v) is 4.15. The highest BCUT2D eigenvalue weighted by atomic mass is 14.1. The third kappa shape index (κ3) is 1.55. The Morgan fingerprint density at radius 2 is 0.850 bits per heavy atom. The van der Waals surface area contributed by atoms with E-state index in [0.717, 1.165) is 0 Å². The van der Waals surface area contributed by atoms with Crippen molar-refractivity contribution in [2.45, 2.75) is 13.8 Å². The van der Waals surface area contributed by atoms with E-state index in [0.29, 0.717) is 0 Å². The van der Waals surface area contributed by atoms with E-state index in [1.807, 2.05) is 0 Å². The van der Waals surface area contributed by atoms with Gasteiger partial charge in [-0.2, -0.15) is 0 Å². The number of fused-ring (bicyclic) bond motifs is 6. The first-order valence-corrected chi connectivity index (χ1v) is 7.05. The summed E-state index contributed by atoms with van der Waals surface area (Å²) >= 11 is 0. The first-order chi connectivity index (χ1) is 9.74. The summed E-state index contributed by atoms with van der Waals surface area (Å²) in [6.45, 7) is 4.32. The summed E-state index contributed by atoms with van der Waals surface area (Å²) < 4.78 is 0. The fourth-order valence-corrected chi connectivity index (χ4v) is 3.18. The molecule has 0 unspecified atom stereocenters. The molecule has 20 heavy (non-hydrogen) atoms. The van der Waals surface area contributed by atoms with Crippen LogP contribution in [0.1, 0.15) is 11.1 Å². The van der Waals surface area contributed by atoms with Crippen molar-refractivity contribution in [2.24, 2.45) is 0 Å². The molecule has 96 valence electrons. The summed E-state index contributed by atoms with van der Waals surface area (Å²) in [4.78, 5) is 0. The topological polar surface area (TPSA) is 0 Å². The van der Waals surface area contributed by atoms with E-state index in [9.17, 15) is 0 Å². The Labute approximate surface area is 118 Å². The first kappa shape index (κ1) is 11.5. The summed E-state index contributed by atoms with van der Waals surface area (Å²) in [7, 11) is 0. The largest absolute Gasteiger partial charge is 0.0616 e. The number of aryl methyl sites for hydroxylation is 2. The van der Waals surface area contributed by atoms with Crippen LogP contribution in [0.4, 0.5) is 0 Å². The quantitative estimate of drug-likeness (QED) is 0.351. The lowest BCUT2D eigenvalue weighted by atomic mass is 9.93. The lowest BCUT2D eigenvalue weighted by Gasteiger charge is -2.11. The van der Waals surface area contributed by atoms with Crippen LogP contribution in [-0.2, 0) is 0 Å². The molecule has 4 rings (SSSR count). The normalized spacial score (nSPS) is 11.5. The van der Waals surface area contributed by atoms with Crippen LogP contribution < -0.4 is 0 Å². The minimum Gasteiger partial charge on any atom is -0.0616 e. The number of hydrogen-bond donors (Lipinski definition) is 0. The van der Waals surface area contributed by atoms with E-state index >= 15 is 0 Å². The number of hydrogen-bond acceptors (Lipinski definition) is 0. The van der Waals surface area contributed by atoms with Crippen LogP contribution in [0.5, 0.6) is 0 Å². The van der Waals surface area contributed by atoms with E-state index in [1.165, 1.54) is 43.4 Å². The van der Waals surface area contributed by atoms with Crippen LogP contribution in [-0.4, -0.2) is 0 Å². The van der Waals surface area contributed by atoms with Crippen molar-refractivity contribution in [2.75, 3.05) is 0 Å². The molecule has 0 saturated carbocycles. The van der Waals surface area contributed by atoms with Gasteiger partial charge in [-0.05, 0) is 46.2 Å². The predicted octanol–water partition coefficient (Wildman–Crippen LogP) is 5.76. The molecule has 0 aliphatic rings. The number of rotatable bonds is 0. The minimum absolute atomic E-state index is 1.31. The van der Waals surface area contributed by atoms with E-state index in [1.54, 1.807) is 0 Å². The molecule has 0 fully saturated rings. The van der Waals surface area contributed by atoms with E-state index in [2.05, 4.69) is 74.5 Å². The molecule has 4 aromatic carbocycles. The van der Waals surface area contributed by atoms with E-state index < -0.39 is 0 Å². The van der Waals surface area contributed by atoms with Gasteiger partial charge < -0.3 is 0 Å². The molecule has 0 amide bonds. The molecule has 0 saturated heterocycles. The summed E-state index contributed by atoms with van der Waals surface area (Å²) in [6.07, 6.45) is 0. The highest BCUT2D eigenvalue weighted by Crippen LogP contribution is 2.35. The van der Waals surface area contributed by atoms with Crippen LogP contribution in [0.3, 0.4) is 0 Å². The fourth-order valence-electron chi connectivity index (χ4n) is 3.18. The zero-order chi connectivity index (χ0) is 13.7. The van der Waals surface area contributed by atoms with Gasteiger partial charge in [0.1, 0.15) is 0 Å². The van der Waals surface area contributed by atoms with Gasteiger partial charge in [-0.15, -0.1) is 0 Å². The molecule has 0 aliphatic carbocycles. The van der Waals surface area contributed by atoms with Gasteiger partial charge in [0.2, 0.25) is 0 Å². The van der Waals surface area contributed by atoms with Gasteiger partial charge in [-0.25, -0.2) is 0 Å². The zero-order valence-corrected chi connectivity index (χ0v) is 11.8. The van der Waals surface area contributed by atoms with Gasteiger partial charge in [0.15, 0.2) is 0 Å². The molecular formula is C20H16. The highest BCUT2D eigenvalue weighted by molar-refractivity contribution is 6.25. The molecule has 0 aromatic heterocycles. The van der Waals surface area contributed by atoms with Gasteiger partial charge in [0.25, 0.3) is 0 Å². The Bertz CT molecular complexity index is 861. The van der Waals surface area contributed by atoms with Crippen molar-refractivity contribution in [1.29, 1.82) is 0 Å². The minimum atomic E-state index is 1.31. The van der Waals surface area contributed by atoms with Gasteiger partial charge in [-0.3, -0.25) is 0 Å². The second-order valence-electron chi connectivity index (χ2n) is 5.64. The Morgan fingerprint density at radius 3 is 1.30 bits per heavy atom. The molecule has 0 heterocycles. The second-order valence-corrected chi connectivity index (χ2v) is 5.64. The Kier molecular flexibility index (Phi) is 2.34. The maximum Gasteiger partial charge on any atom is -0.00963 e. The smallest absolute Gasteiger partial charge is 0.00963 e. The van der Waals surface area contributed by atoms with E-state index in [4.69, 9.17) is 0 Å². The van der Waals surface area contributed by atoms with Gasteiger partial charge in [-0.1, -0.05) is 71.8 Å². The van der Waals surface area contributed by atoms with Gasteiger partial charge in [0.05, 0.1) is 0 Å². The summed E-state index contributed by atoms with van der Waals surface area (Å²) in [6, 6.07) is 22.3. The molecular weight excluding hydrogens is 240 g/mol. The van der Waals surface area contributed by atoms with Gasteiger partial charge in [0, 0.05) is 0 Å². The fraction of sp³-hybridized carbons (Fsp3) is 0.100. The molecule has 4 aromatic rings. The molecule has 0 bridgehead atoms. The molecule has 0 N–H and O–H groups in total. The van der Waals surface area contributed by atoms with Crippen molar-refractivity contribution in [3.8, 4) is 0 Å². The summed E-state index contributed by atoms with van der Waals surface area (Å²) in [5.41, 5.74) is 2.63. The molecule has 0 heteroatoms. The van der Waals surface area contributed by atoms with Crippen LogP contribution >= 0.6 is 0 Å². The van der Waals surface area contributed by atoms with Crippen molar-refractivity contribution in [3.05, 3.63) is 71.8 Å². The number of benzene rings is 4. The van der Waals surface area contributed by atoms with E-state index in [-0.39, 0.29) is 0 Å². The summed E-state index contributed by atoms with van der Waals surface area (Å²) in [5.74, 6) is 0.